The Bertz CT molecular complexity index is 446. The molecule has 1 unspecified atom stereocenters. The molecule has 0 amide bonds. The van der Waals surface area contributed by atoms with Crippen LogP contribution in [-0.4, -0.2) is 15.0 Å². The monoisotopic (exact) mass is 277 g/mol. The van der Waals surface area contributed by atoms with Crippen LogP contribution in [0, 0.1) is 11.3 Å². The zero-order valence-corrected chi connectivity index (χ0v) is 14.2. The maximum atomic E-state index is 4.52. The molecule has 0 bridgehead atoms. The second-order valence-corrected chi connectivity index (χ2v) is 8.65. The van der Waals surface area contributed by atoms with E-state index in [2.05, 4.69) is 56.5 Å². The molecule has 20 heavy (non-hydrogen) atoms. The second-order valence-electron chi connectivity index (χ2n) is 8.65. The first-order valence-electron chi connectivity index (χ1n) is 8.11. The van der Waals surface area contributed by atoms with E-state index in [0.717, 1.165) is 18.8 Å². The minimum atomic E-state index is 0.0410. The molecule has 0 saturated carbocycles. The van der Waals surface area contributed by atoms with Crippen LogP contribution in [-0.2, 0) is 18.4 Å². The fraction of sp³-hybridized carbons (Fsp3) is 0.882. The molecule has 114 valence electrons. The van der Waals surface area contributed by atoms with Gasteiger partial charge in [0.15, 0.2) is 0 Å². The van der Waals surface area contributed by atoms with Crippen LogP contribution in [0.3, 0.4) is 0 Å². The quantitative estimate of drug-likeness (QED) is 0.764. The lowest BCUT2D eigenvalue weighted by Crippen LogP contribution is -2.26. The molecular weight excluding hydrogens is 246 g/mol. The first-order valence-corrected chi connectivity index (χ1v) is 8.11. The zero-order chi connectivity index (χ0) is 15.0. The third kappa shape index (κ3) is 3.83. The molecule has 0 aliphatic heterocycles. The lowest BCUT2D eigenvalue weighted by molar-refractivity contribution is 0.270. The number of fused-ring (bicyclic) bond motifs is 1. The van der Waals surface area contributed by atoms with E-state index in [1.807, 2.05) is 0 Å². The summed E-state index contributed by atoms with van der Waals surface area (Å²) in [6.45, 7) is 13.7. The molecular formula is C17H31N3. The van der Waals surface area contributed by atoms with Gasteiger partial charge in [-0.25, -0.2) is 4.68 Å². The Kier molecular flexibility index (Phi) is 4.27. The van der Waals surface area contributed by atoms with Gasteiger partial charge in [0.2, 0.25) is 0 Å². The summed E-state index contributed by atoms with van der Waals surface area (Å²) in [6, 6.07) is 0. The number of aromatic nitrogens is 3. The molecule has 0 spiro atoms. The molecule has 0 aromatic carbocycles. The van der Waals surface area contributed by atoms with Gasteiger partial charge >= 0.3 is 0 Å². The Morgan fingerprint density at radius 2 is 1.80 bits per heavy atom. The van der Waals surface area contributed by atoms with Gasteiger partial charge in [0.05, 0.1) is 16.9 Å². The van der Waals surface area contributed by atoms with Crippen LogP contribution in [0.5, 0.6) is 0 Å². The van der Waals surface area contributed by atoms with Crippen molar-refractivity contribution < 1.29 is 0 Å². The summed E-state index contributed by atoms with van der Waals surface area (Å²) < 4.78 is 2.15. The van der Waals surface area contributed by atoms with E-state index >= 15 is 0 Å². The summed E-state index contributed by atoms with van der Waals surface area (Å²) in [5.74, 6) is 0.763. The second kappa shape index (κ2) is 5.50. The Labute approximate surface area is 124 Å². The van der Waals surface area contributed by atoms with Crippen molar-refractivity contribution >= 4 is 0 Å². The molecule has 1 aromatic heterocycles. The molecule has 1 aromatic rings. The van der Waals surface area contributed by atoms with Crippen molar-refractivity contribution in [2.75, 3.05) is 0 Å². The van der Waals surface area contributed by atoms with Gasteiger partial charge in [-0.1, -0.05) is 38.8 Å². The Morgan fingerprint density at radius 1 is 1.10 bits per heavy atom. The van der Waals surface area contributed by atoms with E-state index in [-0.39, 0.29) is 5.54 Å². The van der Waals surface area contributed by atoms with E-state index in [4.69, 9.17) is 0 Å². The van der Waals surface area contributed by atoms with Crippen molar-refractivity contribution in [1.29, 1.82) is 0 Å². The first-order chi connectivity index (χ1) is 9.17. The summed E-state index contributed by atoms with van der Waals surface area (Å²) in [6.07, 6.45) is 7.50. The van der Waals surface area contributed by atoms with E-state index in [0.29, 0.717) is 5.41 Å². The highest BCUT2D eigenvalue weighted by Crippen LogP contribution is 2.32. The molecule has 1 aliphatic carbocycles. The van der Waals surface area contributed by atoms with Gasteiger partial charge < -0.3 is 0 Å². The van der Waals surface area contributed by atoms with Gasteiger partial charge in [-0.05, 0) is 57.8 Å². The maximum Gasteiger partial charge on any atom is 0.0862 e. The van der Waals surface area contributed by atoms with E-state index in [1.165, 1.54) is 37.1 Å². The third-order valence-corrected chi connectivity index (χ3v) is 4.14. The largest absolute Gasteiger partial charge is 0.244 e. The van der Waals surface area contributed by atoms with Gasteiger partial charge in [-0.2, -0.15) is 0 Å². The SMILES string of the molecule is CC(C)(C)CC1CCCCc2c(nnn2C(C)(C)C)C1. The number of rotatable bonds is 1. The lowest BCUT2D eigenvalue weighted by atomic mass is 9.79. The van der Waals surface area contributed by atoms with Crippen LogP contribution >= 0.6 is 0 Å². The van der Waals surface area contributed by atoms with Crippen LogP contribution in [0.25, 0.3) is 0 Å². The number of hydrogen-bond donors (Lipinski definition) is 0. The number of nitrogens with zero attached hydrogens (tertiary/aromatic N) is 3. The molecule has 0 N–H and O–H groups in total. The Morgan fingerprint density at radius 3 is 2.40 bits per heavy atom. The average molecular weight is 277 g/mol. The zero-order valence-electron chi connectivity index (χ0n) is 14.2. The molecule has 3 nitrogen and oxygen atoms in total. The van der Waals surface area contributed by atoms with Crippen LogP contribution in [0.1, 0.15) is 78.6 Å². The molecule has 1 heterocycles. The van der Waals surface area contributed by atoms with E-state index in [1.54, 1.807) is 0 Å². The highest BCUT2D eigenvalue weighted by molar-refractivity contribution is 5.14. The van der Waals surface area contributed by atoms with Crippen molar-refractivity contribution in [3.05, 3.63) is 11.4 Å². The van der Waals surface area contributed by atoms with Crippen molar-refractivity contribution in [2.24, 2.45) is 11.3 Å². The third-order valence-electron chi connectivity index (χ3n) is 4.14. The van der Waals surface area contributed by atoms with Gasteiger partial charge in [-0.3, -0.25) is 0 Å². The average Bonchev–Trinajstić information content (AvgIpc) is 2.60. The minimum absolute atomic E-state index is 0.0410. The highest BCUT2D eigenvalue weighted by atomic mass is 15.5. The fourth-order valence-corrected chi connectivity index (χ4v) is 3.42. The van der Waals surface area contributed by atoms with Crippen molar-refractivity contribution in [3.8, 4) is 0 Å². The molecule has 0 radical (unpaired) electrons. The van der Waals surface area contributed by atoms with Crippen molar-refractivity contribution in [3.63, 3.8) is 0 Å². The molecule has 0 saturated heterocycles. The van der Waals surface area contributed by atoms with Crippen LogP contribution in [0.15, 0.2) is 0 Å². The Hall–Kier alpha value is -0.860. The molecule has 1 aliphatic rings. The smallest absolute Gasteiger partial charge is 0.0862 e. The van der Waals surface area contributed by atoms with Crippen LogP contribution < -0.4 is 0 Å². The van der Waals surface area contributed by atoms with Gasteiger partial charge in [-0.15, -0.1) is 5.10 Å². The minimum Gasteiger partial charge on any atom is -0.244 e. The van der Waals surface area contributed by atoms with Crippen molar-refractivity contribution in [1.82, 2.24) is 15.0 Å². The normalized spacial score (nSPS) is 21.2. The predicted molar refractivity (Wildman–Crippen MR) is 83.8 cm³/mol. The lowest BCUT2D eigenvalue weighted by Gasteiger charge is -2.28. The summed E-state index contributed by atoms with van der Waals surface area (Å²) in [7, 11) is 0. The number of hydrogen-bond acceptors (Lipinski definition) is 2. The Balaban J connectivity index is 2.23. The van der Waals surface area contributed by atoms with Gasteiger partial charge in [0, 0.05) is 0 Å². The van der Waals surface area contributed by atoms with Gasteiger partial charge in [0.1, 0.15) is 0 Å². The molecule has 0 fully saturated rings. The van der Waals surface area contributed by atoms with Crippen LogP contribution in [0.2, 0.25) is 0 Å². The van der Waals surface area contributed by atoms with Crippen LogP contribution in [0.4, 0.5) is 0 Å². The first kappa shape index (κ1) is 15.5. The summed E-state index contributed by atoms with van der Waals surface area (Å²) >= 11 is 0. The van der Waals surface area contributed by atoms with E-state index < -0.39 is 0 Å². The highest BCUT2D eigenvalue weighted by Gasteiger charge is 2.27. The summed E-state index contributed by atoms with van der Waals surface area (Å²) in [4.78, 5) is 0. The van der Waals surface area contributed by atoms with Gasteiger partial charge in [0.25, 0.3) is 0 Å². The van der Waals surface area contributed by atoms with Crippen molar-refractivity contribution in [2.45, 2.75) is 85.6 Å². The fourth-order valence-electron chi connectivity index (χ4n) is 3.42. The topological polar surface area (TPSA) is 30.7 Å². The standard InChI is InChI=1S/C17H31N3/c1-16(2,3)12-13-9-7-8-10-15-14(11-13)18-19-20(15)17(4,5)6/h13H,7-12H2,1-6H3. The van der Waals surface area contributed by atoms with E-state index in [9.17, 15) is 0 Å². The molecule has 3 heteroatoms. The molecule has 2 rings (SSSR count). The summed E-state index contributed by atoms with van der Waals surface area (Å²) in [5, 5.41) is 8.97. The molecule has 1 atom stereocenters. The summed E-state index contributed by atoms with van der Waals surface area (Å²) in [5.41, 5.74) is 3.09. The maximum absolute atomic E-state index is 4.52. The predicted octanol–water partition coefficient (Wildman–Crippen LogP) is 4.35.